The number of likely N-dealkylation sites (tertiary alicyclic amines) is 1. The molecule has 0 radical (unpaired) electrons. The van der Waals surface area contributed by atoms with Gasteiger partial charge in [-0.15, -0.1) is 0 Å². The number of methoxy groups -OCH3 is 1. The number of hydrogen-bond donors (Lipinski definition) is 1. The maximum absolute atomic E-state index is 6.35. The molecule has 0 saturated carbocycles. The van der Waals surface area contributed by atoms with Gasteiger partial charge in [-0.05, 0) is 49.5 Å². The maximum atomic E-state index is 6.35. The van der Waals surface area contributed by atoms with E-state index in [4.69, 9.17) is 10.5 Å². The summed E-state index contributed by atoms with van der Waals surface area (Å²) in [6.45, 7) is 5.63. The van der Waals surface area contributed by atoms with Gasteiger partial charge in [0.2, 0.25) is 0 Å². The summed E-state index contributed by atoms with van der Waals surface area (Å²) in [5, 5.41) is 0. The van der Waals surface area contributed by atoms with Crippen molar-refractivity contribution in [2.24, 2.45) is 11.7 Å². The van der Waals surface area contributed by atoms with Gasteiger partial charge in [0.25, 0.3) is 0 Å². The lowest BCUT2D eigenvalue weighted by Crippen LogP contribution is -2.38. The second-order valence-corrected chi connectivity index (χ2v) is 5.92. The molecule has 2 rings (SSSR count). The van der Waals surface area contributed by atoms with Gasteiger partial charge in [0, 0.05) is 12.6 Å². The fourth-order valence-corrected chi connectivity index (χ4v) is 3.12. The average molecular weight is 276 g/mol. The lowest BCUT2D eigenvalue weighted by molar-refractivity contribution is 0.170. The van der Waals surface area contributed by atoms with E-state index in [-0.39, 0.29) is 6.04 Å². The van der Waals surface area contributed by atoms with Crippen LogP contribution in [0.5, 0.6) is 5.75 Å². The van der Waals surface area contributed by atoms with Crippen molar-refractivity contribution in [1.82, 2.24) is 4.90 Å². The molecule has 112 valence electrons. The van der Waals surface area contributed by atoms with Crippen molar-refractivity contribution >= 4 is 0 Å². The van der Waals surface area contributed by atoms with Gasteiger partial charge in [-0.3, -0.25) is 0 Å². The van der Waals surface area contributed by atoms with Gasteiger partial charge in [-0.1, -0.05) is 31.9 Å². The molecule has 1 aromatic rings. The summed E-state index contributed by atoms with van der Waals surface area (Å²) in [4.78, 5) is 2.51. The molecule has 1 aromatic carbocycles. The second-order valence-electron chi connectivity index (χ2n) is 5.92. The maximum Gasteiger partial charge on any atom is 0.119 e. The summed E-state index contributed by atoms with van der Waals surface area (Å²) < 4.78 is 5.27. The highest BCUT2D eigenvalue weighted by Gasteiger charge is 2.20. The Morgan fingerprint density at radius 2 is 2.10 bits per heavy atom. The molecular weight excluding hydrogens is 248 g/mol. The highest BCUT2D eigenvalue weighted by molar-refractivity contribution is 5.30. The Bertz CT molecular complexity index is 400. The molecule has 0 bridgehead atoms. The van der Waals surface area contributed by atoms with Crippen LogP contribution < -0.4 is 10.5 Å². The number of hydrogen-bond acceptors (Lipinski definition) is 3. The monoisotopic (exact) mass is 276 g/mol. The molecule has 1 heterocycles. The summed E-state index contributed by atoms with van der Waals surface area (Å²) in [6.07, 6.45) is 5.36. The SMILES string of the molecule is CCCC1CCN(CC(N)c2cccc(OC)c2)CC1. The van der Waals surface area contributed by atoms with Crippen LogP contribution in [0.15, 0.2) is 24.3 Å². The van der Waals surface area contributed by atoms with E-state index in [0.717, 1.165) is 18.2 Å². The van der Waals surface area contributed by atoms with Crippen LogP contribution in [-0.2, 0) is 0 Å². The minimum Gasteiger partial charge on any atom is -0.497 e. The molecule has 1 aliphatic rings. The molecule has 0 amide bonds. The molecule has 3 nitrogen and oxygen atoms in total. The first-order valence-electron chi connectivity index (χ1n) is 7.84. The zero-order chi connectivity index (χ0) is 14.4. The zero-order valence-electron chi connectivity index (χ0n) is 12.8. The second kappa shape index (κ2) is 7.65. The minimum atomic E-state index is 0.0767. The minimum absolute atomic E-state index is 0.0767. The third kappa shape index (κ3) is 4.22. The number of rotatable bonds is 6. The van der Waals surface area contributed by atoms with Crippen molar-refractivity contribution in [3.05, 3.63) is 29.8 Å². The smallest absolute Gasteiger partial charge is 0.119 e. The van der Waals surface area contributed by atoms with Crippen LogP contribution in [0.1, 0.15) is 44.2 Å². The van der Waals surface area contributed by atoms with Crippen LogP contribution >= 0.6 is 0 Å². The number of piperidine rings is 1. The van der Waals surface area contributed by atoms with E-state index in [1.54, 1.807) is 7.11 Å². The van der Waals surface area contributed by atoms with Crippen molar-refractivity contribution in [1.29, 1.82) is 0 Å². The molecule has 1 atom stereocenters. The molecule has 0 aliphatic carbocycles. The van der Waals surface area contributed by atoms with E-state index in [1.165, 1.54) is 44.3 Å². The first kappa shape index (κ1) is 15.3. The molecule has 20 heavy (non-hydrogen) atoms. The predicted octanol–water partition coefficient (Wildman–Crippen LogP) is 3.21. The normalized spacial score (nSPS) is 18.9. The summed E-state index contributed by atoms with van der Waals surface area (Å²) in [7, 11) is 1.70. The van der Waals surface area contributed by atoms with Crippen LogP contribution in [-0.4, -0.2) is 31.6 Å². The molecule has 3 heteroatoms. The van der Waals surface area contributed by atoms with Gasteiger partial charge < -0.3 is 15.4 Å². The first-order valence-corrected chi connectivity index (χ1v) is 7.84. The van der Waals surface area contributed by atoms with Crippen LogP contribution in [0, 0.1) is 5.92 Å². The lowest BCUT2D eigenvalue weighted by Gasteiger charge is -2.33. The Morgan fingerprint density at radius 1 is 1.35 bits per heavy atom. The number of nitrogens with zero attached hydrogens (tertiary/aromatic N) is 1. The third-order valence-electron chi connectivity index (χ3n) is 4.38. The van der Waals surface area contributed by atoms with Crippen LogP contribution in [0.25, 0.3) is 0 Å². The van der Waals surface area contributed by atoms with E-state index in [9.17, 15) is 0 Å². The van der Waals surface area contributed by atoms with E-state index in [1.807, 2.05) is 12.1 Å². The molecule has 1 fully saturated rings. The molecular formula is C17H28N2O. The van der Waals surface area contributed by atoms with Gasteiger partial charge >= 0.3 is 0 Å². The number of ether oxygens (including phenoxy) is 1. The Labute approximate surface area is 123 Å². The van der Waals surface area contributed by atoms with Gasteiger partial charge in [0.05, 0.1) is 7.11 Å². The summed E-state index contributed by atoms with van der Waals surface area (Å²) in [5.74, 6) is 1.82. The summed E-state index contributed by atoms with van der Waals surface area (Å²) in [5.41, 5.74) is 7.51. The van der Waals surface area contributed by atoms with Crippen LogP contribution in [0.3, 0.4) is 0 Å². The quantitative estimate of drug-likeness (QED) is 0.867. The fraction of sp³-hybridized carbons (Fsp3) is 0.647. The van der Waals surface area contributed by atoms with Crippen molar-refractivity contribution in [2.45, 2.75) is 38.6 Å². The predicted molar refractivity (Wildman–Crippen MR) is 84.0 cm³/mol. The highest BCUT2D eigenvalue weighted by Crippen LogP contribution is 2.24. The standard InChI is InChI=1S/C17H28N2O/c1-3-5-14-8-10-19(11-9-14)13-17(18)15-6-4-7-16(12-15)20-2/h4,6-7,12,14,17H,3,5,8-11,13,18H2,1-2H3. The van der Waals surface area contributed by atoms with E-state index in [0.29, 0.717) is 0 Å². The van der Waals surface area contributed by atoms with Gasteiger partial charge in [0.15, 0.2) is 0 Å². The number of benzene rings is 1. The molecule has 2 N–H and O–H groups in total. The van der Waals surface area contributed by atoms with Crippen LogP contribution in [0.2, 0.25) is 0 Å². The fourth-order valence-electron chi connectivity index (χ4n) is 3.12. The first-order chi connectivity index (χ1) is 9.72. The molecule has 0 spiro atoms. The zero-order valence-corrected chi connectivity index (χ0v) is 12.8. The van der Waals surface area contributed by atoms with Crippen molar-refractivity contribution in [3.63, 3.8) is 0 Å². The molecule has 1 aliphatic heterocycles. The van der Waals surface area contributed by atoms with Crippen molar-refractivity contribution in [2.75, 3.05) is 26.7 Å². The van der Waals surface area contributed by atoms with Crippen molar-refractivity contribution < 1.29 is 4.74 Å². The van der Waals surface area contributed by atoms with Gasteiger partial charge in [0.1, 0.15) is 5.75 Å². The lowest BCUT2D eigenvalue weighted by atomic mass is 9.92. The van der Waals surface area contributed by atoms with E-state index in [2.05, 4.69) is 24.0 Å². The molecule has 0 aromatic heterocycles. The summed E-state index contributed by atoms with van der Waals surface area (Å²) in [6, 6.07) is 8.20. The van der Waals surface area contributed by atoms with Crippen molar-refractivity contribution in [3.8, 4) is 5.75 Å². The summed E-state index contributed by atoms with van der Waals surface area (Å²) >= 11 is 0. The van der Waals surface area contributed by atoms with Gasteiger partial charge in [-0.2, -0.15) is 0 Å². The third-order valence-corrected chi connectivity index (χ3v) is 4.38. The largest absolute Gasteiger partial charge is 0.497 e. The topological polar surface area (TPSA) is 38.5 Å². The molecule has 1 unspecified atom stereocenters. The Kier molecular flexibility index (Phi) is 5.86. The highest BCUT2D eigenvalue weighted by atomic mass is 16.5. The van der Waals surface area contributed by atoms with E-state index < -0.39 is 0 Å². The Morgan fingerprint density at radius 3 is 2.75 bits per heavy atom. The van der Waals surface area contributed by atoms with Crippen LogP contribution in [0.4, 0.5) is 0 Å². The Hall–Kier alpha value is -1.06. The van der Waals surface area contributed by atoms with E-state index >= 15 is 0 Å². The van der Waals surface area contributed by atoms with Gasteiger partial charge in [-0.25, -0.2) is 0 Å². The number of nitrogens with two attached hydrogens (primary N) is 1. The molecule has 1 saturated heterocycles. The Balaban J connectivity index is 1.84. The average Bonchev–Trinajstić information content (AvgIpc) is 2.49.